The van der Waals surface area contributed by atoms with Gasteiger partial charge in [0.05, 0.1) is 7.11 Å². The Morgan fingerprint density at radius 3 is 2.56 bits per heavy atom. The third-order valence-corrected chi connectivity index (χ3v) is 4.20. The number of nitrogens with one attached hydrogen (secondary N) is 2. The van der Waals surface area contributed by atoms with Crippen LogP contribution in [0.15, 0.2) is 18.2 Å². The third-order valence-electron chi connectivity index (χ3n) is 3.96. The van der Waals surface area contributed by atoms with Crippen molar-refractivity contribution < 1.29 is 23.9 Å². The molecule has 1 fully saturated rings. The van der Waals surface area contributed by atoms with Crippen molar-refractivity contribution in [1.82, 2.24) is 10.6 Å². The number of hydrogen-bond acceptors (Lipinski definition) is 5. The predicted octanol–water partition coefficient (Wildman–Crippen LogP) is 2.66. The molecule has 0 bridgehead atoms. The van der Waals surface area contributed by atoms with Gasteiger partial charge in [0.25, 0.3) is 5.91 Å². The van der Waals surface area contributed by atoms with Crippen LogP contribution in [0.1, 0.15) is 43.0 Å². The Bertz CT molecular complexity index is 658. The van der Waals surface area contributed by atoms with Crippen molar-refractivity contribution >= 4 is 29.5 Å². The molecule has 1 aliphatic carbocycles. The molecule has 8 heteroatoms. The molecule has 1 saturated carbocycles. The predicted molar refractivity (Wildman–Crippen MR) is 91.8 cm³/mol. The lowest BCUT2D eigenvalue weighted by atomic mass is 10.2. The van der Waals surface area contributed by atoms with E-state index < -0.39 is 24.0 Å². The zero-order chi connectivity index (χ0) is 18.4. The van der Waals surface area contributed by atoms with Gasteiger partial charge in [-0.1, -0.05) is 24.4 Å². The summed E-state index contributed by atoms with van der Waals surface area (Å²) in [5.41, 5.74) is 0.102. The molecule has 25 heavy (non-hydrogen) atoms. The van der Waals surface area contributed by atoms with Crippen LogP contribution >= 0.6 is 11.6 Å². The maximum absolute atomic E-state index is 12.2. The van der Waals surface area contributed by atoms with Crippen LogP contribution in [0.25, 0.3) is 0 Å². The molecular formula is C17H21ClN2O5. The van der Waals surface area contributed by atoms with E-state index in [1.807, 2.05) is 0 Å². The highest BCUT2D eigenvalue weighted by molar-refractivity contribution is 6.31. The fraction of sp³-hybridized carbons (Fsp3) is 0.471. The highest BCUT2D eigenvalue weighted by atomic mass is 35.5. The lowest BCUT2D eigenvalue weighted by Crippen LogP contribution is -2.47. The number of amides is 3. The Morgan fingerprint density at radius 2 is 1.92 bits per heavy atom. The van der Waals surface area contributed by atoms with Gasteiger partial charge in [0.15, 0.2) is 6.10 Å². The Labute approximate surface area is 151 Å². The van der Waals surface area contributed by atoms with Gasteiger partial charge < -0.3 is 14.8 Å². The van der Waals surface area contributed by atoms with E-state index in [0.29, 0.717) is 5.02 Å². The number of carbonyl (C=O) groups excluding carboxylic acids is 3. The molecule has 3 amide bonds. The zero-order valence-corrected chi connectivity index (χ0v) is 14.9. The molecule has 2 N–H and O–H groups in total. The lowest BCUT2D eigenvalue weighted by molar-refractivity contribution is -0.127. The number of halogens is 1. The fourth-order valence-electron chi connectivity index (χ4n) is 2.62. The number of hydrogen-bond donors (Lipinski definition) is 2. The first-order chi connectivity index (χ1) is 11.9. The minimum atomic E-state index is -1.15. The molecule has 2 rings (SSSR count). The van der Waals surface area contributed by atoms with Crippen molar-refractivity contribution in [2.75, 3.05) is 7.11 Å². The first-order valence-corrected chi connectivity index (χ1v) is 8.44. The molecule has 0 heterocycles. The highest BCUT2D eigenvalue weighted by Crippen LogP contribution is 2.23. The molecule has 0 radical (unpaired) electrons. The number of ether oxygens (including phenoxy) is 2. The summed E-state index contributed by atoms with van der Waals surface area (Å²) < 4.78 is 10.2. The summed E-state index contributed by atoms with van der Waals surface area (Å²) in [4.78, 5) is 36.0. The quantitative estimate of drug-likeness (QED) is 0.779. The molecule has 1 aromatic carbocycles. The van der Waals surface area contributed by atoms with E-state index >= 15 is 0 Å². The van der Waals surface area contributed by atoms with Crippen LogP contribution < -0.4 is 15.4 Å². The summed E-state index contributed by atoms with van der Waals surface area (Å²) in [5.74, 6) is -1.19. The number of imide groups is 1. The van der Waals surface area contributed by atoms with Crippen LogP contribution in [0.4, 0.5) is 4.79 Å². The average molecular weight is 369 g/mol. The van der Waals surface area contributed by atoms with E-state index in [9.17, 15) is 14.4 Å². The van der Waals surface area contributed by atoms with Gasteiger partial charge in [-0.2, -0.15) is 0 Å². The minimum Gasteiger partial charge on any atom is -0.496 e. The molecule has 0 spiro atoms. The van der Waals surface area contributed by atoms with Crippen LogP contribution in [0.5, 0.6) is 5.75 Å². The van der Waals surface area contributed by atoms with Crippen molar-refractivity contribution in [1.29, 1.82) is 0 Å². The molecule has 0 unspecified atom stereocenters. The van der Waals surface area contributed by atoms with Crippen LogP contribution in [0, 0.1) is 0 Å². The van der Waals surface area contributed by atoms with E-state index in [4.69, 9.17) is 21.1 Å². The van der Waals surface area contributed by atoms with Gasteiger partial charge in [0.2, 0.25) is 0 Å². The van der Waals surface area contributed by atoms with Gasteiger partial charge >= 0.3 is 12.0 Å². The smallest absolute Gasteiger partial charge is 0.342 e. The Balaban J connectivity index is 1.90. The third kappa shape index (κ3) is 5.35. The van der Waals surface area contributed by atoms with E-state index in [1.165, 1.54) is 26.2 Å². The fourth-order valence-corrected chi connectivity index (χ4v) is 2.79. The number of rotatable bonds is 5. The Hall–Kier alpha value is -2.28. The summed E-state index contributed by atoms with van der Waals surface area (Å²) in [7, 11) is 1.41. The largest absolute Gasteiger partial charge is 0.496 e. The molecule has 0 saturated heterocycles. The normalized spacial score (nSPS) is 15.3. The van der Waals surface area contributed by atoms with E-state index in [2.05, 4.69) is 10.6 Å². The van der Waals surface area contributed by atoms with Gasteiger partial charge in [0, 0.05) is 11.1 Å². The minimum absolute atomic E-state index is 0.0846. The first-order valence-electron chi connectivity index (χ1n) is 8.06. The van der Waals surface area contributed by atoms with Crippen molar-refractivity contribution in [2.24, 2.45) is 0 Å². The van der Waals surface area contributed by atoms with Gasteiger partial charge in [-0.05, 0) is 38.0 Å². The Kier molecular flexibility index (Phi) is 6.64. The second kappa shape index (κ2) is 8.71. The maximum Gasteiger partial charge on any atom is 0.342 e. The molecule has 7 nitrogen and oxygen atoms in total. The van der Waals surface area contributed by atoms with Gasteiger partial charge in [-0.15, -0.1) is 0 Å². The Morgan fingerprint density at radius 1 is 1.24 bits per heavy atom. The summed E-state index contributed by atoms with van der Waals surface area (Å²) in [6.45, 7) is 1.38. The van der Waals surface area contributed by atoms with Crippen molar-refractivity contribution in [3.63, 3.8) is 0 Å². The molecule has 0 aromatic heterocycles. The van der Waals surface area contributed by atoms with Crippen molar-refractivity contribution in [2.45, 2.75) is 44.8 Å². The van der Waals surface area contributed by atoms with Gasteiger partial charge in [-0.3, -0.25) is 10.1 Å². The summed E-state index contributed by atoms with van der Waals surface area (Å²) >= 11 is 5.87. The number of benzene rings is 1. The standard InChI is InChI=1S/C17H21ClN2O5/c1-10(15(21)20-17(23)19-12-5-3-4-6-12)25-16(22)13-9-11(18)7-8-14(13)24-2/h7-10,12H,3-6H2,1-2H3,(H2,19,20,21,23)/t10-/m0/s1. The zero-order valence-electron chi connectivity index (χ0n) is 14.1. The van der Waals surface area contributed by atoms with E-state index in [0.717, 1.165) is 25.7 Å². The van der Waals surface area contributed by atoms with E-state index in [1.54, 1.807) is 6.07 Å². The second-order valence-electron chi connectivity index (χ2n) is 5.84. The SMILES string of the molecule is COc1ccc(Cl)cc1C(=O)O[C@@H](C)C(=O)NC(=O)NC1CCCC1. The summed E-state index contributed by atoms with van der Waals surface area (Å²) in [6.07, 6.45) is 2.79. The van der Waals surface area contributed by atoms with Crippen LogP contribution in [-0.2, 0) is 9.53 Å². The van der Waals surface area contributed by atoms with Gasteiger partial charge in [-0.25, -0.2) is 9.59 Å². The summed E-state index contributed by atoms with van der Waals surface area (Å²) in [6, 6.07) is 3.99. The number of esters is 1. The van der Waals surface area contributed by atoms with Crippen molar-refractivity contribution in [3.05, 3.63) is 28.8 Å². The second-order valence-corrected chi connectivity index (χ2v) is 6.27. The maximum atomic E-state index is 12.2. The summed E-state index contributed by atoms with van der Waals surface area (Å²) in [5, 5.41) is 5.24. The molecule has 136 valence electrons. The van der Waals surface area contributed by atoms with Crippen LogP contribution in [-0.4, -0.2) is 37.2 Å². The van der Waals surface area contributed by atoms with Gasteiger partial charge in [0.1, 0.15) is 11.3 Å². The monoisotopic (exact) mass is 368 g/mol. The van der Waals surface area contributed by atoms with Crippen molar-refractivity contribution in [3.8, 4) is 5.75 Å². The number of urea groups is 1. The molecular weight excluding hydrogens is 348 g/mol. The van der Waals surface area contributed by atoms with Crippen LogP contribution in [0.3, 0.4) is 0 Å². The molecule has 1 atom stereocenters. The van der Waals surface area contributed by atoms with E-state index in [-0.39, 0.29) is 17.4 Å². The molecule has 0 aliphatic heterocycles. The molecule has 1 aliphatic rings. The number of methoxy groups -OCH3 is 1. The average Bonchev–Trinajstić information content (AvgIpc) is 3.07. The lowest BCUT2D eigenvalue weighted by Gasteiger charge is -2.16. The first kappa shape index (κ1) is 19.1. The topological polar surface area (TPSA) is 93.7 Å². The highest BCUT2D eigenvalue weighted by Gasteiger charge is 2.24. The van der Waals surface area contributed by atoms with Crippen LogP contribution in [0.2, 0.25) is 5.02 Å². The molecule has 1 aromatic rings. The number of carbonyl (C=O) groups is 3.